The Morgan fingerprint density at radius 2 is 2.03 bits per heavy atom. The first-order chi connectivity index (χ1) is 13.9. The molecule has 0 fully saturated rings. The van der Waals surface area contributed by atoms with Gasteiger partial charge in [0.15, 0.2) is 5.65 Å². The number of carbonyl (C=O) groups excluding carboxylic acids is 1. The Hall–Kier alpha value is -3.10. The van der Waals surface area contributed by atoms with Gasteiger partial charge in [0.05, 0.1) is 18.3 Å². The third kappa shape index (κ3) is 3.52. The summed E-state index contributed by atoms with van der Waals surface area (Å²) < 4.78 is 7.60. The highest BCUT2D eigenvalue weighted by molar-refractivity contribution is 6.32. The van der Waals surface area contributed by atoms with E-state index < -0.39 is 11.6 Å². The van der Waals surface area contributed by atoms with E-state index in [1.54, 1.807) is 30.3 Å². The van der Waals surface area contributed by atoms with Crippen molar-refractivity contribution in [2.75, 3.05) is 12.4 Å². The molecule has 0 spiro atoms. The van der Waals surface area contributed by atoms with Crippen molar-refractivity contribution in [2.24, 2.45) is 0 Å². The molecule has 0 saturated carbocycles. The zero-order valence-corrected chi connectivity index (χ0v) is 17.0. The van der Waals surface area contributed by atoms with Gasteiger partial charge in [0, 0.05) is 21.5 Å². The van der Waals surface area contributed by atoms with E-state index in [9.17, 15) is 9.59 Å². The lowest BCUT2D eigenvalue weighted by molar-refractivity contribution is -0.117. The van der Waals surface area contributed by atoms with Crippen LogP contribution in [-0.2, 0) is 11.3 Å². The van der Waals surface area contributed by atoms with E-state index in [0.717, 1.165) is 10.2 Å². The van der Waals surface area contributed by atoms with E-state index in [1.807, 2.05) is 6.92 Å². The van der Waals surface area contributed by atoms with Gasteiger partial charge in [0.25, 0.3) is 0 Å². The van der Waals surface area contributed by atoms with Crippen LogP contribution >= 0.6 is 23.2 Å². The number of hydrogen-bond donors (Lipinski definition) is 1. The van der Waals surface area contributed by atoms with Gasteiger partial charge < -0.3 is 10.1 Å². The molecular formula is C19H15Cl2N5O3. The zero-order chi connectivity index (χ0) is 20.7. The van der Waals surface area contributed by atoms with Crippen LogP contribution < -0.4 is 15.7 Å². The Labute approximate surface area is 174 Å². The molecule has 10 heteroatoms. The number of anilines is 1. The standard InChI is InChI=1S/C19H15Cl2N5O3/c1-10-5-15(16(29-2)7-13(10)21)23-17(27)8-26-19(28)25-9-22-14-4-3-11(20)6-12(14)18(25)24-26/h3-7,9H,8H2,1-2H3,(H,23,27). The lowest BCUT2D eigenvalue weighted by Gasteiger charge is -2.12. The van der Waals surface area contributed by atoms with Gasteiger partial charge in [-0.15, -0.1) is 5.10 Å². The number of hydrogen-bond acceptors (Lipinski definition) is 5. The Balaban J connectivity index is 1.68. The molecule has 0 unspecified atom stereocenters. The second-order valence-corrected chi connectivity index (χ2v) is 7.23. The molecule has 0 saturated heterocycles. The first-order valence-corrected chi connectivity index (χ1v) is 9.30. The average molecular weight is 432 g/mol. The summed E-state index contributed by atoms with van der Waals surface area (Å²) in [6.45, 7) is 1.53. The highest BCUT2D eigenvalue weighted by Crippen LogP contribution is 2.30. The molecule has 2 heterocycles. The van der Waals surface area contributed by atoms with Crippen molar-refractivity contribution >= 4 is 51.3 Å². The van der Waals surface area contributed by atoms with Crippen molar-refractivity contribution in [3.63, 3.8) is 0 Å². The second kappa shape index (κ2) is 7.38. The predicted molar refractivity (Wildman–Crippen MR) is 111 cm³/mol. The number of fused-ring (bicyclic) bond motifs is 3. The van der Waals surface area contributed by atoms with Crippen LogP contribution in [0.4, 0.5) is 5.69 Å². The number of nitrogens with zero attached hydrogens (tertiary/aromatic N) is 4. The van der Waals surface area contributed by atoms with Crippen molar-refractivity contribution in [3.05, 3.63) is 62.8 Å². The van der Waals surface area contributed by atoms with Crippen LogP contribution in [0.1, 0.15) is 5.56 Å². The number of carbonyl (C=O) groups is 1. The number of aromatic nitrogens is 4. The Morgan fingerprint density at radius 3 is 2.79 bits per heavy atom. The van der Waals surface area contributed by atoms with Gasteiger partial charge in [-0.25, -0.2) is 18.9 Å². The minimum absolute atomic E-state index is 0.284. The minimum Gasteiger partial charge on any atom is -0.495 e. The normalized spacial score (nSPS) is 11.2. The topological polar surface area (TPSA) is 90.5 Å². The highest BCUT2D eigenvalue weighted by atomic mass is 35.5. The molecule has 0 bridgehead atoms. The second-order valence-electron chi connectivity index (χ2n) is 6.39. The number of methoxy groups -OCH3 is 1. The Kier molecular flexibility index (Phi) is 4.89. The van der Waals surface area contributed by atoms with E-state index in [0.29, 0.717) is 38.0 Å². The van der Waals surface area contributed by atoms with Crippen molar-refractivity contribution < 1.29 is 9.53 Å². The molecule has 29 heavy (non-hydrogen) atoms. The fourth-order valence-corrected chi connectivity index (χ4v) is 3.31. The lowest BCUT2D eigenvalue weighted by atomic mass is 10.2. The predicted octanol–water partition coefficient (Wildman–Crippen LogP) is 3.31. The van der Waals surface area contributed by atoms with Crippen LogP contribution in [0.15, 0.2) is 41.5 Å². The van der Waals surface area contributed by atoms with Crippen molar-refractivity contribution in [1.82, 2.24) is 19.2 Å². The number of ether oxygens (including phenoxy) is 1. The van der Waals surface area contributed by atoms with E-state index in [4.69, 9.17) is 27.9 Å². The molecule has 1 N–H and O–H groups in total. The maximum Gasteiger partial charge on any atom is 0.352 e. The first-order valence-electron chi connectivity index (χ1n) is 8.55. The number of amides is 1. The Morgan fingerprint density at radius 1 is 1.24 bits per heavy atom. The molecule has 2 aromatic heterocycles. The van der Waals surface area contributed by atoms with E-state index >= 15 is 0 Å². The van der Waals surface area contributed by atoms with Crippen LogP contribution in [0.5, 0.6) is 5.75 Å². The maximum atomic E-state index is 12.6. The van der Waals surface area contributed by atoms with Crippen molar-refractivity contribution in [2.45, 2.75) is 13.5 Å². The first kappa shape index (κ1) is 19.2. The number of rotatable bonds is 4. The number of nitrogens with one attached hydrogen (secondary N) is 1. The van der Waals surface area contributed by atoms with Crippen LogP contribution in [0, 0.1) is 6.92 Å². The number of halogens is 2. The molecule has 148 valence electrons. The molecule has 1 amide bonds. The highest BCUT2D eigenvalue weighted by Gasteiger charge is 2.16. The summed E-state index contributed by atoms with van der Waals surface area (Å²) in [4.78, 5) is 29.4. The van der Waals surface area contributed by atoms with Crippen LogP contribution in [0.2, 0.25) is 10.0 Å². The van der Waals surface area contributed by atoms with E-state index in [2.05, 4.69) is 15.4 Å². The summed E-state index contributed by atoms with van der Waals surface area (Å²) in [5, 5.41) is 8.66. The third-order valence-corrected chi connectivity index (χ3v) is 5.07. The van der Waals surface area contributed by atoms with Crippen LogP contribution in [0.3, 0.4) is 0 Å². The summed E-state index contributed by atoms with van der Waals surface area (Å²) in [5.74, 6) is -0.0213. The molecular weight excluding hydrogens is 417 g/mol. The van der Waals surface area contributed by atoms with Crippen molar-refractivity contribution in [1.29, 1.82) is 0 Å². The molecule has 0 aliphatic heterocycles. The molecule has 8 nitrogen and oxygen atoms in total. The largest absolute Gasteiger partial charge is 0.495 e. The van der Waals surface area contributed by atoms with Gasteiger partial charge in [-0.1, -0.05) is 23.2 Å². The minimum atomic E-state index is -0.483. The molecule has 4 aromatic rings. The summed E-state index contributed by atoms with van der Waals surface area (Å²) in [7, 11) is 1.48. The van der Waals surface area contributed by atoms with Gasteiger partial charge in [0.2, 0.25) is 5.91 Å². The molecule has 4 rings (SSSR count). The summed E-state index contributed by atoms with van der Waals surface area (Å²) in [6, 6.07) is 8.44. The van der Waals surface area contributed by atoms with Gasteiger partial charge in [-0.05, 0) is 36.8 Å². The fraction of sp³-hybridized carbons (Fsp3) is 0.158. The van der Waals surface area contributed by atoms with Gasteiger partial charge >= 0.3 is 5.69 Å². The molecule has 0 atom stereocenters. The van der Waals surface area contributed by atoms with E-state index in [1.165, 1.54) is 17.8 Å². The molecule has 2 aromatic carbocycles. The number of aryl methyl sites for hydroxylation is 1. The molecule has 0 aliphatic rings. The Bertz CT molecular complexity index is 1330. The van der Waals surface area contributed by atoms with Crippen molar-refractivity contribution in [3.8, 4) is 5.75 Å². The summed E-state index contributed by atoms with van der Waals surface area (Å²) in [5.41, 5.74) is 1.76. The zero-order valence-electron chi connectivity index (χ0n) is 15.4. The lowest BCUT2D eigenvalue weighted by Crippen LogP contribution is -2.28. The fourth-order valence-electron chi connectivity index (χ4n) is 2.99. The van der Waals surface area contributed by atoms with Crippen LogP contribution in [0.25, 0.3) is 16.6 Å². The quantitative estimate of drug-likeness (QED) is 0.535. The number of benzene rings is 2. The third-order valence-electron chi connectivity index (χ3n) is 4.43. The van der Waals surface area contributed by atoms with Gasteiger partial charge in [-0.3, -0.25) is 4.79 Å². The molecule has 0 radical (unpaired) electrons. The maximum absolute atomic E-state index is 12.6. The monoisotopic (exact) mass is 431 g/mol. The van der Waals surface area contributed by atoms with Gasteiger partial charge in [0.1, 0.15) is 18.6 Å². The molecule has 0 aliphatic carbocycles. The summed E-state index contributed by atoms with van der Waals surface area (Å²) in [6.07, 6.45) is 1.38. The summed E-state index contributed by atoms with van der Waals surface area (Å²) >= 11 is 12.1. The van der Waals surface area contributed by atoms with Gasteiger partial charge in [-0.2, -0.15) is 0 Å². The smallest absolute Gasteiger partial charge is 0.352 e. The van der Waals surface area contributed by atoms with E-state index in [-0.39, 0.29) is 6.54 Å². The SMILES string of the molecule is COc1cc(Cl)c(C)cc1NC(=O)Cn1nc2c3cc(Cl)ccc3ncn2c1=O. The van der Waals surface area contributed by atoms with Crippen LogP contribution in [-0.4, -0.2) is 32.2 Å². The average Bonchev–Trinajstić information content (AvgIpc) is 3.00.